The Hall–Kier alpha value is -1.42. The molecule has 1 unspecified atom stereocenters. The van der Waals surface area contributed by atoms with E-state index in [0.29, 0.717) is 0 Å². The molecule has 1 aliphatic rings. The minimum absolute atomic E-state index is 0.181. The van der Waals surface area contributed by atoms with E-state index in [2.05, 4.69) is 15.6 Å². The SMILES string of the molecule is CNC(=O)C1(CCCc2ccccn2)CCCNC1. The van der Waals surface area contributed by atoms with Gasteiger partial charge in [-0.1, -0.05) is 6.07 Å². The van der Waals surface area contributed by atoms with Crippen molar-refractivity contribution >= 4 is 5.91 Å². The molecular formula is C15H23N3O. The highest BCUT2D eigenvalue weighted by molar-refractivity contribution is 5.82. The van der Waals surface area contributed by atoms with Crippen LogP contribution in [0, 0.1) is 5.41 Å². The molecule has 0 bridgehead atoms. The summed E-state index contributed by atoms with van der Waals surface area (Å²) in [5.74, 6) is 0.181. The van der Waals surface area contributed by atoms with Crippen molar-refractivity contribution in [1.29, 1.82) is 0 Å². The number of carbonyl (C=O) groups excluding carboxylic acids is 1. The smallest absolute Gasteiger partial charge is 0.227 e. The van der Waals surface area contributed by atoms with Crippen LogP contribution in [0.25, 0.3) is 0 Å². The van der Waals surface area contributed by atoms with Crippen LogP contribution < -0.4 is 10.6 Å². The molecule has 1 amide bonds. The van der Waals surface area contributed by atoms with Crippen LogP contribution in [0.4, 0.5) is 0 Å². The van der Waals surface area contributed by atoms with Crippen LogP contribution in [0.1, 0.15) is 31.4 Å². The van der Waals surface area contributed by atoms with E-state index in [1.807, 2.05) is 24.4 Å². The average Bonchev–Trinajstić information content (AvgIpc) is 2.48. The van der Waals surface area contributed by atoms with Gasteiger partial charge in [-0.15, -0.1) is 0 Å². The number of rotatable bonds is 5. The molecule has 104 valence electrons. The Labute approximate surface area is 115 Å². The Morgan fingerprint density at radius 1 is 1.53 bits per heavy atom. The Balaban J connectivity index is 1.91. The van der Waals surface area contributed by atoms with E-state index in [0.717, 1.165) is 50.9 Å². The predicted molar refractivity (Wildman–Crippen MR) is 75.8 cm³/mol. The molecule has 0 aliphatic carbocycles. The number of aromatic nitrogens is 1. The van der Waals surface area contributed by atoms with E-state index in [1.165, 1.54) is 0 Å². The molecule has 1 atom stereocenters. The maximum absolute atomic E-state index is 12.2. The first-order valence-corrected chi connectivity index (χ1v) is 7.10. The number of nitrogens with zero attached hydrogens (tertiary/aromatic N) is 1. The number of hydrogen-bond acceptors (Lipinski definition) is 3. The molecule has 1 aromatic heterocycles. The van der Waals surface area contributed by atoms with Crippen LogP contribution in [0.5, 0.6) is 0 Å². The fraction of sp³-hybridized carbons (Fsp3) is 0.600. The van der Waals surface area contributed by atoms with Crippen molar-refractivity contribution in [2.45, 2.75) is 32.1 Å². The summed E-state index contributed by atoms with van der Waals surface area (Å²) < 4.78 is 0. The number of nitrogens with one attached hydrogen (secondary N) is 2. The summed E-state index contributed by atoms with van der Waals surface area (Å²) in [6.07, 6.45) is 6.77. The molecule has 0 aromatic carbocycles. The van der Waals surface area contributed by atoms with Crippen LogP contribution in [0.2, 0.25) is 0 Å². The Morgan fingerprint density at radius 2 is 2.42 bits per heavy atom. The molecule has 0 radical (unpaired) electrons. The zero-order valence-electron chi connectivity index (χ0n) is 11.6. The second-order valence-electron chi connectivity index (χ2n) is 5.31. The molecule has 1 saturated heterocycles. The lowest BCUT2D eigenvalue weighted by Gasteiger charge is -2.36. The van der Waals surface area contributed by atoms with Gasteiger partial charge in [-0.2, -0.15) is 0 Å². The third-order valence-electron chi connectivity index (χ3n) is 4.00. The lowest BCUT2D eigenvalue weighted by molar-refractivity contribution is -0.132. The minimum atomic E-state index is -0.220. The van der Waals surface area contributed by atoms with Gasteiger partial charge in [0, 0.05) is 25.5 Å². The lowest BCUT2D eigenvalue weighted by atomic mass is 9.75. The van der Waals surface area contributed by atoms with Gasteiger partial charge in [0.2, 0.25) is 5.91 Å². The largest absolute Gasteiger partial charge is 0.359 e. The lowest BCUT2D eigenvalue weighted by Crippen LogP contribution is -2.49. The predicted octanol–water partition coefficient (Wildman–Crippen LogP) is 1.52. The van der Waals surface area contributed by atoms with Gasteiger partial charge in [0.05, 0.1) is 5.41 Å². The van der Waals surface area contributed by atoms with Crippen molar-refractivity contribution in [3.8, 4) is 0 Å². The van der Waals surface area contributed by atoms with Gasteiger partial charge in [-0.05, 0) is 50.8 Å². The normalized spacial score (nSPS) is 23.0. The summed E-state index contributed by atoms with van der Waals surface area (Å²) in [5.41, 5.74) is 0.889. The maximum atomic E-state index is 12.2. The van der Waals surface area contributed by atoms with Crippen LogP contribution in [0.15, 0.2) is 24.4 Å². The Morgan fingerprint density at radius 3 is 3.05 bits per heavy atom. The number of piperidine rings is 1. The molecule has 2 heterocycles. The fourth-order valence-corrected chi connectivity index (χ4v) is 2.91. The van der Waals surface area contributed by atoms with Crippen molar-refractivity contribution in [3.63, 3.8) is 0 Å². The van der Waals surface area contributed by atoms with E-state index in [4.69, 9.17) is 0 Å². The van der Waals surface area contributed by atoms with Gasteiger partial charge in [0.1, 0.15) is 0 Å². The summed E-state index contributed by atoms with van der Waals surface area (Å²) in [7, 11) is 1.73. The van der Waals surface area contributed by atoms with Gasteiger partial charge in [0.25, 0.3) is 0 Å². The van der Waals surface area contributed by atoms with Crippen molar-refractivity contribution < 1.29 is 4.79 Å². The first kappa shape index (κ1) is 14.0. The quantitative estimate of drug-likeness (QED) is 0.845. The second kappa shape index (κ2) is 6.66. The average molecular weight is 261 g/mol. The highest BCUT2D eigenvalue weighted by Gasteiger charge is 2.38. The topological polar surface area (TPSA) is 54.0 Å². The van der Waals surface area contributed by atoms with Crippen molar-refractivity contribution in [1.82, 2.24) is 15.6 Å². The van der Waals surface area contributed by atoms with Crippen LogP contribution in [-0.4, -0.2) is 31.0 Å². The molecule has 4 heteroatoms. The summed E-state index contributed by atoms with van der Waals surface area (Å²) in [6.45, 7) is 1.83. The van der Waals surface area contributed by atoms with Crippen molar-refractivity contribution in [2.75, 3.05) is 20.1 Å². The van der Waals surface area contributed by atoms with Crippen molar-refractivity contribution in [3.05, 3.63) is 30.1 Å². The second-order valence-corrected chi connectivity index (χ2v) is 5.31. The summed E-state index contributed by atoms with van der Waals surface area (Å²) >= 11 is 0. The Kier molecular flexibility index (Phi) is 4.91. The van der Waals surface area contributed by atoms with E-state index in [1.54, 1.807) is 7.05 Å². The summed E-state index contributed by atoms with van der Waals surface area (Å²) in [6, 6.07) is 5.99. The number of carbonyl (C=O) groups is 1. The standard InChI is InChI=1S/C15H23N3O/c1-16-14(19)15(9-5-10-17-12-15)8-4-7-13-6-2-3-11-18-13/h2-3,6,11,17H,4-5,7-10,12H2,1H3,(H,16,19). The summed E-state index contributed by atoms with van der Waals surface area (Å²) in [5, 5.41) is 6.19. The van der Waals surface area contributed by atoms with Gasteiger partial charge in [0.15, 0.2) is 0 Å². The first-order valence-electron chi connectivity index (χ1n) is 7.10. The zero-order valence-corrected chi connectivity index (χ0v) is 11.6. The highest BCUT2D eigenvalue weighted by atomic mass is 16.2. The van der Waals surface area contributed by atoms with E-state index < -0.39 is 0 Å². The zero-order chi connectivity index (χ0) is 13.6. The monoisotopic (exact) mass is 261 g/mol. The van der Waals surface area contributed by atoms with Crippen LogP contribution >= 0.6 is 0 Å². The number of hydrogen-bond donors (Lipinski definition) is 2. The molecule has 2 rings (SSSR count). The molecule has 1 aliphatic heterocycles. The van der Waals surface area contributed by atoms with Crippen molar-refractivity contribution in [2.24, 2.45) is 5.41 Å². The van der Waals surface area contributed by atoms with Crippen LogP contribution in [-0.2, 0) is 11.2 Å². The molecule has 1 aromatic rings. The third kappa shape index (κ3) is 3.53. The first-order chi connectivity index (χ1) is 9.27. The van der Waals surface area contributed by atoms with E-state index in [-0.39, 0.29) is 11.3 Å². The molecule has 2 N–H and O–H groups in total. The molecule has 0 spiro atoms. The minimum Gasteiger partial charge on any atom is -0.359 e. The highest BCUT2D eigenvalue weighted by Crippen LogP contribution is 2.32. The van der Waals surface area contributed by atoms with E-state index >= 15 is 0 Å². The van der Waals surface area contributed by atoms with Gasteiger partial charge in [-0.25, -0.2) is 0 Å². The molecule has 4 nitrogen and oxygen atoms in total. The summed E-state index contributed by atoms with van der Waals surface area (Å²) in [4.78, 5) is 16.5. The van der Waals surface area contributed by atoms with Gasteiger partial charge >= 0.3 is 0 Å². The van der Waals surface area contributed by atoms with Gasteiger partial charge < -0.3 is 10.6 Å². The molecule has 19 heavy (non-hydrogen) atoms. The molecular weight excluding hydrogens is 238 g/mol. The van der Waals surface area contributed by atoms with E-state index in [9.17, 15) is 4.79 Å². The number of aryl methyl sites for hydroxylation is 1. The number of amides is 1. The Bertz CT molecular complexity index is 399. The molecule has 1 fully saturated rings. The number of pyridine rings is 1. The fourth-order valence-electron chi connectivity index (χ4n) is 2.91. The maximum Gasteiger partial charge on any atom is 0.227 e. The van der Waals surface area contributed by atoms with Crippen LogP contribution in [0.3, 0.4) is 0 Å². The third-order valence-corrected chi connectivity index (χ3v) is 4.00. The molecule has 0 saturated carbocycles. The van der Waals surface area contributed by atoms with Gasteiger partial charge in [-0.3, -0.25) is 9.78 Å².